The molecule has 5 nitrogen and oxygen atoms in total. The van der Waals surface area contributed by atoms with E-state index < -0.39 is 5.63 Å². The van der Waals surface area contributed by atoms with Crippen molar-refractivity contribution in [2.75, 3.05) is 0 Å². The minimum atomic E-state index is -0.707. The number of hydrogen-bond donors (Lipinski definition) is 1. The molecule has 0 aliphatic carbocycles. The first kappa shape index (κ1) is 15.2. The highest BCUT2D eigenvalue weighted by atomic mass is 16.5. The number of benzene rings is 1. The lowest BCUT2D eigenvalue weighted by molar-refractivity contribution is 0.131. The molecule has 1 aromatic heterocycles. The second-order valence-corrected chi connectivity index (χ2v) is 6.11. The largest absolute Gasteiger partial charge is 0.504 e. The van der Waals surface area contributed by atoms with Gasteiger partial charge in [-0.3, -0.25) is 0 Å². The monoisotopic (exact) mass is 292 g/mol. The zero-order valence-corrected chi connectivity index (χ0v) is 12.9. The van der Waals surface area contributed by atoms with Gasteiger partial charge in [0, 0.05) is 6.07 Å². The molecule has 2 aromatic rings. The predicted molar refractivity (Wildman–Crippen MR) is 80.3 cm³/mol. The Hall–Kier alpha value is -2.17. The summed E-state index contributed by atoms with van der Waals surface area (Å²) >= 11 is 0. The van der Waals surface area contributed by atoms with E-state index in [2.05, 4.69) is 0 Å². The van der Waals surface area contributed by atoms with E-state index in [-0.39, 0.29) is 28.8 Å². The summed E-state index contributed by atoms with van der Waals surface area (Å²) in [5, 5.41) is 10.6. The molecule has 0 unspecified atom stereocenters. The van der Waals surface area contributed by atoms with Gasteiger partial charge < -0.3 is 19.0 Å². The minimum absolute atomic E-state index is 0.165. The Balaban J connectivity index is 2.53. The second-order valence-electron chi connectivity index (χ2n) is 6.11. The van der Waals surface area contributed by atoms with Gasteiger partial charge >= 0.3 is 5.63 Å². The number of fused-ring (bicyclic) bond motifs is 1. The second kappa shape index (κ2) is 5.31. The van der Waals surface area contributed by atoms with Crippen LogP contribution >= 0.6 is 0 Å². The molecule has 2 rings (SSSR count). The molecule has 5 heteroatoms. The minimum Gasteiger partial charge on any atom is -0.504 e. The lowest BCUT2D eigenvalue weighted by atomic mass is 10.1. The fourth-order valence-corrected chi connectivity index (χ4v) is 1.90. The van der Waals surface area contributed by atoms with Crippen LogP contribution in [0.3, 0.4) is 0 Å². The maximum absolute atomic E-state index is 11.9. The van der Waals surface area contributed by atoms with E-state index in [1.807, 2.05) is 20.8 Å². The highest BCUT2D eigenvalue weighted by Crippen LogP contribution is 2.34. The lowest BCUT2D eigenvalue weighted by Gasteiger charge is -2.21. The van der Waals surface area contributed by atoms with Gasteiger partial charge in [-0.05, 0) is 46.8 Å². The molecule has 114 valence electrons. The Morgan fingerprint density at radius 3 is 2.48 bits per heavy atom. The fourth-order valence-electron chi connectivity index (χ4n) is 1.90. The molecule has 0 spiro atoms. The normalized spacial score (nSPS) is 11.9. The van der Waals surface area contributed by atoms with Crippen molar-refractivity contribution in [1.29, 1.82) is 0 Å². The van der Waals surface area contributed by atoms with E-state index >= 15 is 0 Å². The Morgan fingerprint density at radius 2 is 1.90 bits per heavy atom. The summed E-state index contributed by atoms with van der Waals surface area (Å²) in [5.74, 6) is 0.189. The van der Waals surface area contributed by atoms with Crippen molar-refractivity contribution in [3.05, 3.63) is 28.6 Å². The van der Waals surface area contributed by atoms with E-state index in [0.29, 0.717) is 11.1 Å². The zero-order chi connectivity index (χ0) is 15.8. The molecular formula is C16H20O5. The Labute approximate surface area is 123 Å². The van der Waals surface area contributed by atoms with Crippen LogP contribution in [0.25, 0.3) is 11.0 Å². The van der Waals surface area contributed by atoms with Gasteiger partial charge in [0.25, 0.3) is 0 Å². The van der Waals surface area contributed by atoms with Gasteiger partial charge in [-0.2, -0.15) is 0 Å². The summed E-state index contributed by atoms with van der Waals surface area (Å²) in [5.41, 5.74) is -0.812. The third-order valence-electron chi connectivity index (χ3n) is 2.59. The number of rotatable bonds is 3. The quantitative estimate of drug-likeness (QED) is 0.877. The first-order valence-electron chi connectivity index (χ1n) is 6.83. The van der Waals surface area contributed by atoms with Gasteiger partial charge in [0.05, 0.1) is 11.5 Å². The van der Waals surface area contributed by atoms with Crippen LogP contribution in [0.2, 0.25) is 0 Å². The van der Waals surface area contributed by atoms with E-state index in [9.17, 15) is 9.90 Å². The van der Waals surface area contributed by atoms with Gasteiger partial charge in [0.2, 0.25) is 5.75 Å². The van der Waals surface area contributed by atoms with Crippen molar-refractivity contribution in [2.45, 2.75) is 46.3 Å². The van der Waals surface area contributed by atoms with Crippen molar-refractivity contribution in [3.63, 3.8) is 0 Å². The van der Waals surface area contributed by atoms with Crippen molar-refractivity contribution in [2.24, 2.45) is 0 Å². The first-order chi connectivity index (χ1) is 9.67. The number of ether oxygens (including phenoxy) is 2. The summed E-state index contributed by atoms with van der Waals surface area (Å²) in [7, 11) is 0. The van der Waals surface area contributed by atoms with E-state index in [0.717, 1.165) is 0 Å². The number of aromatic hydroxyl groups is 1. The fraction of sp³-hybridized carbons (Fsp3) is 0.438. The van der Waals surface area contributed by atoms with Crippen molar-refractivity contribution in [3.8, 4) is 17.2 Å². The van der Waals surface area contributed by atoms with Crippen LogP contribution in [-0.2, 0) is 0 Å². The molecule has 0 atom stereocenters. The molecule has 0 saturated heterocycles. The molecule has 0 aliphatic rings. The van der Waals surface area contributed by atoms with Crippen molar-refractivity contribution < 1.29 is 19.0 Å². The van der Waals surface area contributed by atoms with Gasteiger partial charge in [-0.25, -0.2) is 4.79 Å². The Bertz CT molecular complexity index is 707. The van der Waals surface area contributed by atoms with Gasteiger partial charge in [0.15, 0.2) is 5.75 Å². The molecule has 0 saturated carbocycles. The predicted octanol–water partition coefficient (Wildman–Crippen LogP) is 3.46. The summed E-state index contributed by atoms with van der Waals surface area (Å²) in [6.45, 7) is 9.30. The smallest absolute Gasteiger partial charge is 0.383 e. The van der Waals surface area contributed by atoms with Crippen LogP contribution in [0.5, 0.6) is 17.2 Å². The molecule has 0 fully saturated rings. The maximum Gasteiger partial charge on any atom is 0.383 e. The summed E-state index contributed by atoms with van der Waals surface area (Å²) in [4.78, 5) is 11.9. The van der Waals surface area contributed by atoms with Gasteiger partial charge in [0.1, 0.15) is 16.9 Å². The maximum atomic E-state index is 11.9. The van der Waals surface area contributed by atoms with E-state index in [1.54, 1.807) is 32.0 Å². The Kier molecular flexibility index (Phi) is 3.85. The highest BCUT2D eigenvalue weighted by Gasteiger charge is 2.18. The molecular weight excluding hydrogens is 272 g/mol. The third-order valence-corrected chi connectivity index (χ3v) is 2.59. The van der Waals surface area contributed by atoms with Crippen LogP contribution in [0.15, 0.2) is 27.4 Å². The third kappa shape index (κ3) is 3.48. The average Bonchev–Trinajstić information content (AvgIpc) is 2.32. The Morgan fingerprint density at radius 1 is 1.24 bits per heavy atom. The van der Waals surface area contributed by atoms with Gasteiger partial charge in [-0.1, -0.05) is 0 Å². The average molecular weight is 292 g/mol. The van der Waals surface area contributed by atoms with Crippen LogP contribution in [0.4, 0.5) is 0 Å². The summed E-state index contributed by atoms with van der Waals surface area (Å²) in [6, 6.07) is 4.94. The summed E-state index contributed by atoms with van der Waals surface area (Å²) in [6.07, 6.45) is -0.236. The molecule has 0 radical (unpaired) electrons. The van der Waals surface area contributed by atoms with E-state index in [4.69, 9.17) is 13.9 Å². The molecule has 21 heavy (non-hydrogen) atoms. The molecule has 0 aliphatic heterocycles. The van der Waals surface area contributed by atoms with Crippen LogP contribution in [-0.4, -0.2) is 16.8 Å². The standard InChI is InChI=1S/C16H20O5/c1-9(2)19-14-13(17)11-7-6-10(21-16(3,4)5)8-12(11)20-15(14)18/h6-9,17H,1-5H3. The number of hydrogen-bond acceptors (Lipinski definition) is 5. The summed E-state index contributed by atoms with van der Waals surface area (Å²) < 4.78 is 16.2. The van der Waals surface area contributed by atoms with Crippen LogP contribution < -0.4 is 15.1 Å². The first-order valence-corrected chi connectivity index (χ1v) is 6.83. The van der Waals surface area contributed by atoms with Crippen molar-refractivity contribution in [1.82, 2.24) is 0 Å². The molecule has 1 heterocycles. The highest BCUT2D eigenvalue weighted by molar-refractivity contribution is 5.86. The molecule has 0 bridgehead atoms. The van der Waals surface area contributed by atoms with Crippen LogP contribution in [0.1, 0.15) is 34.6 Å². The van der Waals surface area contributed by atoms with Crippen LogP contribution in [0, 0.1) is 0 Å². The van der Waals surface area contributed by atoms with E-state index in [1.165, 1.54) is 0 Å². The lowest BCUT2D eigenvalue weighted by Crippen LogP contribution is -2.22. The SMILES string of the molecule is CC(C)Oc1c(O)c2ccc(OC(C)(C)C)cc2oc1=O. The molecule has 0 amide bonds. The molecule has 1 N–H and O–H groups in total. The molecule has 1 aromatic carbocycles. The van der Waals surface area contributed by atoms with Gasteiger partial charge in [-0.15, -0.1) is 0 Å². The zero-order valence-electron chi connectivity index (χ0n) is 12.9. The van der Waals surface area contributed by atoms with Crippen molar-refractivity contribution >= 4 is 11.0 Å². The topological polar surface area (TPSA) is 68.9 Å².